The predicted octanol–water partition coefficient (Wildman–Crippen LogP) is 6.42. The molecule has 5 unspecified atom stereocenters. The Kier molecular flexibility index (Phi) is 9.11. The van der Waals surface area contributed by atoms with Gasteiger partial charge in [0.1, 0.15) is 17.6 Å². The number of carbonyl (C=O) groups excluding carboxylic acids is 4. The molecule has 5 atom stereocenters. The van der Waals surface area contributed by atoms with Crippen molar-refractivity contribution in [3.63, 3.8) is 0 Å². The molecule has 6 nitrogen and oxygen atoms in total. The minimum absolute atomic E-state index is 0.00298. The van der Waals surface area contributed by atoms with E-state index in [0.29, 0.717) is 19.3 Å². The Labute approximate surface area is 246 Å². The SMILES string of the molecule is CCOC(=O)C1C(=O)C=C(c2ccccc2)CC1c1ccc(C2CC(c3ccccc3)CC(=O)C2C(=O)OCC)cc1. The van der Waals surface area contributed by atoms with E-state index in [0.717, 1.165) is 27.8 Å². The first-order valence-electron chi connectivity index (χ1n) is 14.7. The number of Topliss-reactive ketones (excluding diaryl/α,β-unsaturated/α-hetero) is 1. The lowest BCUT2D eigenvalue weighted by Gasteiger charge is -2.35. The number of ketones is 2. The molecule has 1 fully saturated rings. The van der Waals surface area contributed by atoms with Crippen molar-refractivity contribution >= 4 is 29.1 Å². The van der Waals surface area contributed by atoms with Gasteiger partial charge in [0, 0.05) is 18.3 Å². The third-order valence-corrected chi connectivity index (χ3v) is 8.49. The number of benzene rings is 3. The van der Waals surface area contributed by atoms with Crippen LogP contribution in [0.5, 0.6) is 0 Å². The highest BCUT2D eigenvalue weighted by atomic mass is 16.5. The first kappa shape index (κ1) is 29.2. The molecule has 1 saturated carbocycles. The maximum atomic E-state index is 13.4. The highest BCUT2D eigenvalue weighted by Crippen LogP contribution is 2.45. The van der Waals surface area contributed by atoms with Gasteiger partial charge in [-0.1, -0.05) is 84.9 Å². The molecule has 0 heterocycles. The number of carbonyl (C=O) groups is 4. The van der Waals surface area contributed by atoms with Gasteiger partial charge in [0.05, 0.1) is 13.2 Å². The zero-order valence-corrected chi connectivity index (χ0v) is 24.0. The molecule has 42 heavy (non-hydrogen) atoms. The number of rotatable bonds is 8. The first-order chi connectivity index (χ1) is 20.4. The van der Waals surface area contributed by atoms with Crippen LogP contribution in [0.25, 0.3) is 5.57 Å². The molecule has 2 aliphatic carbocycles. The number of ether oxygens (including phenoxy) is 2. The van der Waals surface area contributed by atoms with Crippen LogP contribution >= 0.6 is 0 Å². The van der Waals surface area contributed by atoms with Gasteiger partial charge in [-0.15, -0.1) is 0 Å². The summed E-state index contributed by atoms with van der Waals surface area (Å²) in [5, 5.41) is 0. The second-order valence-corrected chi connectivity index (χ2v) is 11.0. The van der Waals surface area contributed by atoms with Gasteiger partial charge in [0.25, 0.3) is 0 Å². The van der Waals surface area contributed by atoms with Crippen molar-refractivity contribution in [1.82, 2.24) is 0 Å². The van der Waals surface area contributed by atoms with Crippen LogP contribution in [0, 0.1) is 11.8 Å². The lowest BCUT2D eigenvalue weighted by Crippen LogP contribution is -2.37. The average molecular weight is 565 g/mol. The number of allylic oxidation sites excluding steroid dienone is 2. The molecule has 3 aromatic rings. The highest BCUT2D eigenvalue weighted by Gasteiger charge is 2.44. The van der Waals surface area contributed by atoms with Crippen LogP contribution in [0.4, 0.5) is 0 Å². The Morgan fingerprint density at radius 1 is 0.667 bits per heavy atom. The van der Waals surface area contributed by atoms with Crippen molar-refractivity contribution in [1.29, 1.82) is 0 Å². The van der Waals surface area contributed by atoms with Gasteiger partial charge < -0.3 is 9.47 Å². The van der Waals surface area contributed by atoms with E-state index in [-0.39, 0.29) is 36.6 Å². The van der Waals surface area contributed by atoms with Gasteiger partial charge in [0.2, 0.25) is 0 Å². The van der Waals surface area contributed by atoms with Gasteiger partial charge in [-0.2, -0.15) is 0 Å². The van der Waals surface area contributed by atoms with Gasteiger partial charge in [-0.25, -0.2) is 0 Å². The summed E-state index contributed by atoms with van der Waals surface area (Å²) in [5.74, 6) is -3.95. The Morgan fingerprint density at radius 3 is 1.81 bits per heavy atom. The molecule has 0 N–H and O–H groups in total. The van der Waals surface area contributed by atoms with Gasteiger partial charge in [-0.05, 0) is 66.5 Å². The summed E-state index contributed by atoms with van der Waals surface area (Å²) < 4.78 is 10.7. The number of hydrogen-bond acceptors (Lipinski definition) is 6. The molecule has 0 bridgehead atoms. The van der Waals surface area contributed by atoms with Gasteiger partial charge in [0.15, 0.2) is 5.78 Å². The summed E-state index contributed by atoms with van der Waals surface area (Å²) >= 11 is 0. The van der Waals surface area contributed by atoms with Crippen LogP contribution in [0.2, 0.25) is 0 Å². The fourth-order valence-corrected chi connectivity index (χ4v) is 6.50. The Hall–Kier alpha value is -4.32. The van der Waals surface area contributed by atoms with Crippen molar-refractivity contribution < 1.29 is 28.7 Å². The normalized spacial score (nSPS) is 24.0. The molecule has 0 radical (unpaired) electrons. The molecule has 0 saturated heterocycles. The Morgan fingerprint density at radius 2 is 1.21 bits per heavy atom. The van der Waals surface area contributed by atoms with Crippen molar-refractivity contribution in [2.45, 2.75) is 50.9 Å². The summed E-state index contributed by atoms with van der Waals surface area (Å²) in [6.07, 6.45) is 3.00. The second kappa shape index (κ2) is 13.1. The van der Waals surface area contributed by atoms with E-state index < -0.39 is 29.7 Å². The van der Waals surface area contributed by atoms with E-state index in [4.69, 9.17) is 9.47 Å². The molecule has 5 rings (SSSR count). The quantitative estimate of drug-likeness (QED) is 0.232. The zero-order valence-electron chi connectivity index (χ0n) is 24.0. The fraction of sp³-hybridized carbons (Fsp3) is 0.333. The predicted molar refractivity (Wildman–Crippen MR) is 160 cm³/mol. The standard InChI is InChI=1S/C36H36O6/c1-3-41-35(39)33-29(19-27(21-31(33)37)23-11-7-5-8-12-23)25-15-17-26(18-16-25)30-20-28(24-13-9-6-10-14-24)22-32(38)34(30)36(40)42-4-2/h5-18,21,28-30,33-34H,3-4,19-20,22H2,1-2H3. The molecule has 6 heteroatoms. The number of hydrogen-bond donors (Lipinski definition) is 0. The van der Waals surface area contributed by atoms with E-state index >= 15 is 0 Å². The Balaban J connectivity index is 1.48. The van der Waals surface area contributed by atoms with Crippen LogP contribution in [-0.2, 0) is 28.7 Å². The smallest absolute Gasteiger partial charge is 0.317 e. The maximum Gasteiger partial charge on any atom is 0.317 e. The van der Waals surface area contributed by atoms with Crippen LogP contribution in [0.1, 0.15) is 73.1 Å². The average Bonchev–Trinajstić information content (AvgIpc) is 3.01. The Bertz CT molecular complexity index is 1460. The monoisotopic (exact) mass is 564 g/mol. The molecule has 216 valence electrons. The highest BCUT2D eigenvalue weighted by molar-refractivity contribution is 6.10. The van der Waals surface area contributed by atoms with E-state index in [2.05, 4.69) is 0 Å². The first-order valence-corrected chi connectivity index (χ1v) is 14.7. The fourth-order valence-electron chi connectivity index (χ4n) is 6.50. The molecule has 0 spiro atoms. The van der Waals surface area contributed by atoms with Crippen LogP contribution in [-0.4, -0.2) is 36.7 Å². The molecule has 3 aromatic carbocycles. The molecule has 0 amide bonds. The second-order valence-electron chi connectivity index (χ2n) is 11.0. The number of esters is 2. The molecule has 0 aromatic heterocycles. The van der Waals surface area contributed by atoms with Gasteiger partial charge >= 0.3 is 11.9 Å². The van der Waals surface area contributed by atoms with Gasteiger partial charge in [-0.3, -0.25) is 19.2 Å². The van der Waals surface area contributed by atoms with Crippen LogP contribution in [0.15, 0.2) is 91.0 Å². The lowest BCUT2D eigenvalue weighted by atomic mass is 9.68. The van der Waals surface area contributed by atoms with Crippen molar-refractivity contribution in [3.8, 4) is 0 Å². The molecular weight excluding hydrogens is 528 g/mol. The molecular formula is C36H36O6. The van der Waals surface area contributed by atoms with Crippen molar-refractivity contribution in [3.05, 3.63) is 113 Å². The molecule has 2 aliphatic rings. The third-order valence-electron chi connectivity index (χ3n) is 8.49. The summed E-state index contributed by atoms with van der Waals surface area (Å²) in [5.41, 5.74) is 4.59. The minimum Gasteiger partial charge on any atom is -0.465 e. The topological polar surface area (TPSA) is 86.7 Å². The molecule has 0 aliphatic heterocycles. The zero-order chi connectivity index (χ0) is 29.6. The van der Waals surface area contributed by atoms with Crippen molar-refractivity contribution in [2.24, 2.45) is 11.8 Å². The summed E-state index contributed by atoms with van der Waals surface area (Å²) in [6.45, 7) is 3.87. The van der Waals surface area contributed by atoms with E-state index in [1.807, 2.05) is 84.9 Å². The summed E-state index contributed by atoms with van der Waals surface area (Å²) in [6, 6.07) is 27.3. The minimum atomic E-state index is -0.936. The summed E-state index contributed by atoms with van der Waals surface area (Å²) in [4.78, 5) is 52.7. The van der Waals surface area contributed by atoms with E-state index in [9.17, 15) is 19.2 Å². The van der Waals surface area contributed by atoms with Crippen LogP contribution in [0.3, 0.4) is 0 Å². The summed E-state index contributed by atoms with van der Waals surface area (Å²) in [7, 11) is 0. The maximum absolute atomic E-state index is 13.4. The lowest BCUT2D eigenvalue weighted by molar-refractivity contribution is -0.154. The third kappa shape index (κ3) is 6.13. The van der Waals surface area contributed by atoms with E-state index in [1.54, 1.807) is 19.9 Å². The van der Waals surface area contributed by atoms with E-state index in [1.165, 1.54) is 0 Å². The van der Waals surface area contributed by atoms with Crippen molar-refractivity contribution in [2.75, 3.05) is 13.2 Å². The largest absolute Gasteiger partial charge is 0.465 e. The van der Waals surface area contributed by atoms with Crippen LogP contribution < -0.4 is 0 Å².